The molecule has 4 rings (SSSR count). The van der Waals surface area contributed by atoms with Gasteiger partial charge < -0.3 is 10.2 Å². The second-order valence-corrected chi connectivity index (χ2v) is 8.79. The highest BCUT2D eigenvalue weighted by atomic mass is 35.5. The van der Waals surface area contributed by atoms with Gasteiger partial charge in [0.25, 0.3) is 5.91 Å². The Morgan fingerprint density at radius 2 is 1.85 bits per heavy atom. The second-order valence-electron chi connectivity index (χ2n) is 8.41. The van der Waals surface area contributed by atoms with Gasteiger partial charge in [0, 0.05) is 24.0 Å². The summed E-state index contributed by atoms with van der Waals surface area (Å²) in [6.45, 7) is 0.869. The molecule has 1 aliphatic rings. The first kappa shape index (κ1) is 24.2. The van der Waals surface area contributed by atoms with Gasteiger partial charge in [0.1, 0.15) is 6.33 Å². The standard InChI is InChI=1S/C25H24ClF3N4O/c1-33-11-3-2-10-21(33)23(17-7-4-6-16(12-17)18-13-30-15-31-14-18)32-24(34)19-8-5-9-20(22(19)26)25(27,28)29/h4-9,12-15,21,23H,2-3,10-11H2,1H3,(H,32,34)/t21-,23?/m0/s1. The third-order valence-corrected chi connectivity index (χ3v) is 6.59. The number of amides is 1. The van der Waals surface area contributed by atoms with Crippen molar-refractivity contribution in [1.29, 1.82) is 0 Å². The first-order chi connectivity index (χ1) is 16.3. The molecule has 2 heterocycles. The predicted octanol–water partition coefficient (Wildman–Crippen LogP) is 5.77. The highest BCUT2D eigenvalue weighted by Gasteiger charge is 2.36. The van der Waals surface area contributed by atoms with Gasteiger partial charge >= 0.3 is 6.18 Å². The summed E-state index contributed by atoms with van der Waals surface area (Å²) in [5.41, 5.74) is 1.32. The van der Waals surface area contributed by atoms with E-state index in [4.69, 9.17) is 11.6 Å². The zero-order valence-corrected chi connectivity index (χ0v) is 19.3. The van der Waals surface area contributed by atoms with Crippen LogP contribution in [-0.4, -0.2) is 40.4 Å². The number of piperidine rings is 1. The van der Waals surface area contributed by atoms with Crippen molar-refractivity contribution < 1.29 is 18.0 Å². The van der Waals surface area contributed by atoms with Crippen molar-refractivity contribution in [3.05, 3.63) is 82.9 Å². The van der Waals surface area contributed by atoms with E-state index in [0.29, 0.717) is 0 Å². The van der Waals surface area contributed by atoms with E-state index < -0.39 is 28.7 Å². The molecule has 0 saturated carbocycles. The molecule has 9 heteroatoms. The summed E-state index contributed by atoms with van der Waals surface area (Å²) in [6, 6.07) is 10.6. The first-order valence-electron chi connectivity index (χ1n) is 11.0. The zero-order valence-electron chi connectivity index (χ0n) is 18.5. The van der Waals surface area contributed by atoms with Crippen LogP contribution in [0.15, 0.2) is 61.2 Å². The van der Waals surface area contributed by atoms with Crippen LogP contribution in [0.1, 0.15) is 46.8 Å². The minimum atomic E-state index is -4.65. The van der Waals surface area contributed by atoms with E-state index in [1.807, 2.05) is 31.3 Å². The number of aromatic nitrogens is 2. The number of likely N-dealkylation sites (N-methyl/N-ethyl adjacent to an activating group) is 1. The average molecular weight is 489 g/mol. The van der Waals surface area contributed by atoms with Gasteiger partial charge in [-0.05, 0) is 55.8 Å². The van der Waals surface area contributed by atoms with Crippen molar-refractivity contribution >= 4 is 17.5 Å². The molecule has 178 valence electrons. The van der Waals surface area contributed by atoms with E-state index in [2.05, 4.69) is 20.2 Å². The van der Waals surface area contributed by atoms with E-state index in [0.717, 1.165) is 48.6 Å². The molecule has 1 saturated heterocycles. The summed E-state index contributed by atoms with van der Waals surface area (Å²) in [7, 11) is 2.00. The Labute approximate surface area is 201 Å². The van der Waals surface area contributed by atoms with Gasteiger partial charge in [-0.1, -0.05) is 42.3 Å². The SMILES string of the molecule is CN1CCCC[C@H]1C(NC(=O)c1cccc(C(F)(F)F)c1Cl)c1cccc(-c2cncnc2)c1. The van der Waals surface area contributed by atoms with Gasteiger partial charge in [0.05, 0.1) is 22.2 Å². The smallest absolute Gasteiger partial charge is 0.344 e. The van der Waals surface area contributed by atoms with Crippen LogP contribution >= 0.6 is 11.6 Å². The maximum Gasteiger partial charge on any atom is 0.417 e. The Morgan fingerprint density at radius 1 is 1.12 bits per heavy atom. The molecular formula is C25H24ClF3N4O. The van der Waals surface area contributed by atoms with Crippen molar-refractivity contribution in [2.24, 2.45) is 0 Å². The lowest BCUT2D eigenvalue weighted by Gasteiger charge is -2.39. The van der Waals surface area contributed by atoms with Gasteiger partial charge in [0.15, 0.2) is 0 Å². The monoisotopic (exact) mass is 488 g/mol. The lowest BCUT2D eigenvalue weighted by molar-refractivity contribution is -0.137. The minimum absolute atomic E-state index is 0.0236. The molecule has 1 fully saturated rings. The largest absolute Gasteiger partial charge is 0.417 e. The fraction of sp³-hybridized carbons (Fsp3) is 0.320. The van der Waals surface area contributed by atoms with Crippen LogP contribution in [0.4, 0.5) is 13.2 Å². The third-order valence-electron chi connectivity index (χ3n) is 6.19. The number of benzene rings is 2. The number of carbonyl (C=O) groups is 1. The normalized spacial score (nSPS) is 17.9. The Bertz CT molecular complexity index is 1160. The molecule has 1 amide bonds. The maximum atomic E-state index is 13.3. The molecule has 5 nitrogen and oxygen atoms in total. The number of nitrogens with one attached hydrogen (secondary N) is 1. The number of hydrogen-bond donors (Lipinski definition) is 1. The zero-order chi connectivity index (χ0) is 24.3. The summed E-state index contributed by atoms with van der Waals surface area (Å²) in [6.07, 6.45) is 3.10. The maximum absolute atomic E-state index is 13.3. The lowest BCUT2D eigenvalue weighted by atomic mass is 9.89. The number of halogens is 4. The quantitative estimate of drug-likeness (QED) is 0.495. The Balaban J connectivity index is 1.71. The molecule has 0 bridgehead atoms. The van der Waals surface area contributed by atoms with Crippen molar-refractivity contribution in [2.75, 3.05) is 13.6 Å². The van der Waals surface area contributed by atoms with Gasteiger partial charge in [0.2, 0.25) is 0 Å². The van der Waals surface area contributed by atoms with E-state index in [1.54, 1.807) is 12.4 Å². The van der Waals surface area contributed by atoms with Gasteiger partial charge in [-0.2, -0.15) is 13.2 Å². The highest BCUT2D eigenvalue weighted by Crippen LogP contribution is 2.37. The molecule has 1 aliphatic heterocycles. The molecule has 1 N–H and O–H groups in total. The number of nitrogens with zero attached hydrogens (tertiary/aromatic N) is 3. The molecule has 1 unspecified atom stereocenters. The van der Waals surface area contributed by atoms with E-state index >= 15 is 0 Å². The highest BCUT2D eigenvalue weighted by molar-refractivity contribution is 6.34. The fourth-order valence-corrected chi connectivity index (χ4v) is 4.75. The minimum Gasteiger partial charge on any atom is -0.344 e. The number of hydrogen-bond acceptors (Lipinski definition) is 4. The van der Waals surface area contributed by atoms with Crippen LogP contribution in [0.3, 0.4) is 0 Å². The lowest BCUT2D eigenvalue weighted by Crippen LogP contribution is -2.47. The summed E-state index contributed by atoms with van der Waals surface area (Å²) in [5.74, 6) is -0.645. The molecule has 2 aromatic carbocycles. The van der Waals surface area contributed by atoms with Crippen LogP contribution in [0.25, 0.3) is 11.1 Å². The topological polar surface area (TPSA) is 58.1 Å². The summed E-state index contributed by atoms with van der Waals surface area (Å²) in [5, 5.41) is 2.39. The van der Waals surface area contributed by atoms with E-state index in [9.17, 15) is 18.0 Å². The average Bonchev–Trinajstić information content (AvgIpc) is 2.83. The van der Waals surface area contributed by atoms with Crippen LogP contribution in [0.5, 0.6) is 0 Å². The molecule has 0 aliphatic carbocycles. The molecular weight excluding hydrogens is 465 g/mol. The number of rotatable bonds is 5. The van der Waals surface area contributed by atoms with Gasteiger partial charge in [-0.15, -0.1) is 0 Å². The van der Waals surface area contributed by atoms with Crippen LogP contribution in [0, 0.1) is 0 Å². The molecule has 0 radical (unpaired) electrons. The summed E-state index contributed by atoms with van der Waals surface area (Å²) in [4.78, 5) is 23.5. The molecule has 1 aromatic heterocycles. The number of carbonyl (C=O) groups excluding carboxylic acids is 1. The van der Waals surface area contributed by atoms with Crippen LogP contribution in [0.2, 0.25) is 5.02 Å². The number of alkyl halides is 3. The molecule has 34 heavy (non-hydrogen) atoms. The molecule has 3 aromatic rings. The molecule has 2 atom stereocenters. The third kappa shape index (κ3) is 5.23. The summed E-state index contributed by atoms with van der Waals surface area (Å²) < 4.78 is 40.0. The fourth-order valence-electron chi connectivity index (χ4n) is 4.43. The van der Waals surface area contributed by atoms with Crippen molar-refractivity contribution in [3.8, 4) is 11.1 Å². The van der Waals surface area contributed by atoms with Gasteiger partial charge in [-0.3, -0.25) is 4.79 Å². The second kappa shape index (κ2) is 10.1. The van der Waals surface area contributed by atoms with E-state index in [-0.39, 0.29) is 11.6 Å². The van der Waals surface area contributed by atoms with Crippen LogP contribution < -0.4 is 5.32 Å². The Morgan fingerprint density at radius 3 is 2.56 bits per heavy atom. The predicted molar refractivity (Wildman–Crippen MR) is 124 cm³/mol. The number of likely N-dealkylation sites (tertiary alicyclic amines) is 1. The Hall–Kier alpha value is -2.97. The van der Waals surface area contributed by atoms with Crippen LogP contribution in [-0.2, 0) is 6.18 Å². The molecule has 0 spiro atoms. The van der Waals surface area contributed by atoms with Crippen molar-refractivity contribution in [2.45, 2.75) is 37.5 Å². The Kier molecular flexibility index (Phi) is 7.19. The summed E-state index contributed by atoms with van der Waals surface area (Å²) >= 11 is 6.03. The first-order valence-corrected chi connectivity index (χ1v) is 11.4. The van der Waals surface area contributed by atoms with E-state index in [1.165, 1.54) is 18.5 Å². The van der Waals surface area contributed by atoms with Crippen molar-refractivity contribution in [1.82, 2.24) is 20.2 Å². The van der Waals surface area contributed by atoms with Crippen molar-refractivity contribution in [3.63, 3.8) is 0 Å². The van der Waals surface area contributed by atoms with Gasteiger partial charge in [-0.25, -0.2) is 9.97 Å².